The molecule has 126 valence electrons. The van der Waals surface area contributed by atoms with Gasteiger partial charge in [0.25, 0.3) is 10.0 Å². The third-order valence-corrected chi connectivity index (χ3v) is 5.76. The molecule has 0 unspecified atom stereocenters. The first-order valence-corrected chi connectivity index (χ1v) is 9.07. The van der Waals surface area contributed by atoms with Crippen molar-refractivity contribution >= 4 is 10.0 Å². The highest BCUT2D eigenvalue weighted by Gasteiger charge is 2.30. The number of hydrogen-bond donors (Lipinski definition) is 2. The fourth-order valence-corrected chi connectivity index (χ4v) is 4.02. The van der Waals surface area contributed by atoms with Crippen molar-refractivity contribution in [2.24, 2.45) is 0 Å². The van der Waals surface area contributed by atoms with Crippen molar-refractivity contribution in [3.8, 4) is 5.75 Å². The topological polar surface area (TPSA) is 86.3 Å². The molecule has 0 saturated carbocycles. The third kappa shape index (κ3) is 3.56. The molecule has 6 nitrogen and oxygen atoms in total. The summed E-state index contributed by atoms with van der Waals surface area (Å²) in [6.07, 6.45) is 1.36. The second-order valence-corrected chi connectivity index (χ2v) is 7.63. The number of imidazole rings is 1. The van der Waals surface area contributed by atoms with E-state index in [0.717, 1.165) is 5.56 Å². The molecule has 1 atom stereocenters. The van der Waals surface area contributed by atoms with Crippen LogP contribution in [0.2, 0.25) is 0 Å². The summed E-state index contributed by atoms with van der Waals surface area (Å²) in [5.74, 6) is 0.883. The van der Waals surface area contributed by atoms with Crippen molar-refractivity contribution in [2.75, 3.05) is 6.54 Å². The van der Waals surface area contributed by atoms with E-state index in [9.17, 15) is 13.5 Å². The van der Waals surface area contributed by atoms with Gasteiger partial charge < -0.3 is 10.1 Å². The number of aromatic amines is 1. The number of hydrogen-bond acceptors (Lipinski definition) is 4. The Morgan fingerprint density at radius 3 is 2.52 bits per heavy atom. The monoisotopic (exact) mass is 337 g/mol. The normalized spacial score (nSPS) is 13.7. The highest BCUT2D eigenvalue weighted by Crippen LogP contribution is 2.28. The van der Waals surface area contributed by atoms with E-state index < -0.39 is 16.1 Å². The number of phenolic OH excluding ortho intramolecular Hbond substituents is 1. The largest absolute Gasteiger partial charge is 0.508 e. The van der Waals surface area contributed by atoms with E-state index in [-0.39, 0.29) is 16.7 Å². The van der Waals surface area contributed by atoms with Gasteiger partial charge in [-0.2, -0.15) is 4.31 Å². The number of benzene rings is 1. The average molecular weight is 337 g/mol. The first-order valence-electron chi connectivity index (χ1n) is 7.63. The molecule has 0 aliphatic rings. The molecule has 0 bridgehead atoms. The number of aromatic hydroxyl groups is 1. The molecule has 0 amide bonds. The zero-order chi connectivity index (χ0) is 17.2. The molecule has 1 aromatic heterocycles. The SMILES string of the molecule is CCN([C@H](C)c1cccc(O)c1)S(=O)(=O)c1cnc(C(C)C)[nH]1. The van der Waals surface area contributed by atoms with Gasteiger partial charge in [-0.25, -0.2) is 13.4 Å². The Balaban J connectivity index is 2.38. The van der Waals surface area contributed by atoms with Crippen molar-refractivity contribution in [3.05, 3.63) is 41.9 Å². The molecule has 0 fully saturated rings. The molecular formula is C16H23N3O3S. The van der Waals surface area contributed by atoms with E-state index in [1.54, 1.807) is 38.1 Å². The predicted molar refractivity (Wildman–Crippen MR) is 88.8 cm³/mol. The molecule has 0 spiro atoms. The summed E-state index contributed by atoms with van der Waals surface area (Å²) in [5.41, 5.74) is 0.735. The summed E-state index contributed by atoms with van der Waals surface area (Å²) >= 11 is 0. The number of nitrogens with zero attached hydrogens (tertiary/aromatic N) is 2. The predicted octanol–water partition coefficient (Wildman–Crippen LogP) is 3.01. The lowest BCUT2D eigenvalue weighted by atomic mass is 10.1. The minimum absolute atomic E-state index is 0.0926. The molecule has 0 aliphatic heterocycles. The van der Waals surface area contributed by atoms with Gasteiger partial charge >= 0.3 is 0 Å². The van der Waals surface area contributed by atoms with E-state index in [2.05, 4.69) is 9.97 Å². The van der Waals surface area contributed by atoms with E-state index in [1.165, 1.54) is 10.5 Å². The van der Waals surface area contributed by atoms with Crippen LogP contribution in [0.3, 0.4) is 0 Å². The van der Waals surface area contributed by atoms with Crippen LogP contribution >= 0.6 is 0 Å². The molecule has 2 aromatic rings. The van der Waals surface area contributed by atoms with Crippen molar-refractivity contribution in [1.82, 2.24) is 14.3 Å². The van der Waals surface area contributed by atoms with Crippen LogP contribution in [0, 0.1) is 0 Å². The Bertz CT molecular complexity index is 768. The summed E-state index contributed by atoms with van der Waals surface area (Å²) < 4.78 is 27.2. The number of rotatable bonds is 6. The van der Waals surface area contributed by atoms with Crippen molar-refractivity contribution in [1.29, 1.82) is 0 Å². The van der Waals surface area contributed by atoms with Crippen molar-refractivity contribution in [2.45, 2.75) is 44.7 Å². The third-order valence-electron chi connectivity index (χ3n) is 3.80. The standard InChI is InChI=1S/C16H23N3O3S/c1-5-19(12(4)13-7-6-8-14(20)9-13)23(21,22)15-10-17-16(18-15)11(2)3/h6-12,20H,5H2,1-4H3,(H,17,18)/t12-/m1/s1. The molecule has 23 heavy (non-hydrogen) atoms. The van der Waals surface area contributed by atoms with Crippen molar-refractivity contribution in [3.63, 3.8) is 0 Å². The lowest BCUT2D eigenvalue weighted by molar-refractivity contribution is 0.354. The summed E-state index contributed by atoms with van der Waals surface area (Å²) in [5, 5.41) is 9.71. The van der Waals surface area contributed by atoms with Gasteiger partial charge in [-0.05, 0) is 24.6 Å². The van der Waals surface area contributed by atoms with Gasteiger partial charge in [-0.15, -0.1) is 0 Å². The van der Waals surface area contributed by atoms with Crippen molar-refractivity contribution < 1.29 is 13.5 Å². The minimum Gasteiger partial charge on any atom is -0.508 e. The molecule has 2 N–H and O–H groups in total. The average Bonchev–Trinajstić information content (AvgIpc) is 2.98. The molecule has 1 heterocycles. The van der Waals surface area contributed by atoms with Crippen LogP contribution in [-0.4, -0.2) is 34.3 Å². The van der Waals surface area contributed by atoms with Gasteiger partial charge in [0.05, 0.1) is 6.20 Å². The van der Waals surface area contributed by atoms with Gasteiger partial charge in [0.2, 0.25) is 0 Å². The molecule has 0 radical (unpaired) electrons. The van der Waals surface area contributed by atoms with Gasteiger partial charge in [0, 0.05) is 18.5 Å². The van der Waals surface area contributed by atoms with Crippen LogP contribution in [0.25, 0.3) is 0 Å². The Kier molecular flexibility index (Phi) is 5.11. The van der Waals surface area contributed by atoms with E-state index in [1.807, 2.05) is 13.8 Å². The van der Waals surface area contributed by atoms with Gasteiger partial charge in [-0.3, -0.25) is 0 Å². The van der Waals surface area contributed by atoms with Gasteiger partial charge in [-0.1, -0.05) is 32.9 Å². The first kappa shape index (κ1) is 17.5. The molecule has 7 heteroatoms. The Labute approximate surface area is 137 Å². The van der Waals surface area contributed by atoms with E-state index in [4.69, 9.17) is 0 Å². The van der Waals surface area contributed by atoms with Crippen LogP contribution < -0.4 is 0 Å². The highest BCUT2D eigenvalue weighted by atomic mass is 32.2. The van der Waals surface area contributed by atoms with Crippen LogP contribution in [0.4, 0.5) is 0 Å². The Morgan fingerprint density at radius 2 is 2.00 bits per heavy atom. The first-order chi connectivity index (χ1) is 10.8. The second kappa shape index (κ2) is 6.72. The summed E-state index contributed by atoms with van der Waals surface area (Å²) in [7, 11) is -3.69. The number of phenols is 1. The molecule has 2 rings (SSSR count). The smallest absolute Gasteiger partial charge is 0.260 e. The fourth-order valence-electron chi connectivity index (χ4n) is 2.47. The fraction of sp³-hybridized carbons (Fsp3) is 0.438. The van der Waals surface area contributed by atoms with Crippen LogP contribution in [0.5, 0.6) is 5.75 Å². The minimum atomic E-state index is -3.69. The number of H-pyrrole nitrogens is 1. The van der Waals surface area contributed by atoms with Crippen LogP contribution in [0.1, 0.15) is 51.0 Å². The summed E-state index contributed by atoms with van der Waals surface area (Å²) in [6, 6.07) is 6.24. The quantitative estimate of drug-likeness (QED) is 0.848. The zero-order valence-corrected chi connectivity index (χ0v) is 14.6. The number of sulfonamides is 1. The Morgan fingerprint density at radius 1 is 1.30 bits per heavy atom. The maximum absolute atomic E-state index is 12.9. The van der Waals surface area contributed by atoms with E-state index >= 15 is 0 Å². The molecule has 0 aliphatic carbocycles. The molecule has 0 saturated heterocycles. The maximum atomic E-state index is 12.9. The second-order valence-electron chi connectivity index (χ2n) is 5.77. The molecular weight excluding hydrogens is 314 g/mol. The van der Waals surface area contributed by atoms with Crippen LogP contribution in [0.15, 0.2) is 35.5 Å². The van der Waals surface area contributed by atoms with Crippen LogP contribution in [-0.2, 0) is 10.0 Å². The number of aromatic nitrogens is 2. The Hall–Kier alpha value is -1.86. The maximum Gasteiger partial charge on any atom is 0.260 e. The van der Waals surface area contributed by atoms with Gasteiger partial charge in [0.15, 0.2) is 5.03 Å². The number of nitrogens with one attached hydrogen (secondary N) is 1. The zero-order valence-electron chi connectivity index (χ0n) is 13.8. The lowest BCUT2D eigenvalue weighted by Gasteiger charge is -2.26. The highest BCUT2D eigenvalue weighted by molar-refractivity contribution is 7.89. The lowest BCUT2D eigenvalue weighted by Crippen LogP contribution is -2.33. The van der Waals surface area contributed by atoms with E-state index in [0.29, 0.717) is 12.4 Å². The molecule has 1 aromatic carbocycles. The summed E-state index contributed by atoms with van der Waals surface area (Å²) in [4.78, 5) is 7.04. The van der Waals surface area contributed by atoms with Gasteiger partial charge in [0.1, 0.15) is 11.6 Å². The summed E-state index contributed by atoms with van der Waals surface area (Å²) in [6.45, 7) is 7.80.